The highest BCUT2D eigenvalue weighted by atomic mass is 35.5. The van der Waals surface area contributed by atoms with Gasteiger partial charge in [0, 0.05) is 11.6 Å². The summed E-state index contributed by atoms with van der Waals surface area (Å²) in [7, 11) is 1.59. The number of hydrogen-bond acceptors (Lipinski definition) is 3. The Morgan fingerprint density at radius 2 is 2.16 bits per heavy atom. The molecule has 2 N–H and O–H groups in total. The van der Waals surface area contributed by atoms with Gasteiger partial charge in [0.2, 0.25) is 0 Å². The molecule has 1 aromatic rings. The maximum absolute atomic E-state index is 10.9. The van der Waals surface area contributed by atoms with Crippen molar-refractivity contribution < 1.29 is 14.6 Å². The Morgan fingerprint density at radius 3 is 2.68 bits per heavy atom. The van der Waals surface area contributed by atoms with E-state index in [0.29, 0.717) is 24.5 Å². The zero-order valence-corrected chi connectivity index (χ0v) is 12.3. The van der Waals surface area contributed by atoms with Crippen LogP contribution in [0.25, 0.3) is 0 Å². The minimum atomic E-state index is -0.781. The molecule has 5 heteroatoms. The molecule has 0 aliphatic heterocycles. The molecule has 0 aliphatic rings. The van der Waals surface area contributed by atoms with Crippen molar-refractivity contribution in [2.45, 2.75) is 26.8 Å². The fraction of sp³-hybridized carbons (Fsp3) is 0.500. The van der Waals surface area contributed by atoms with Crippen molar-refractivity contribution in [1.29, 1.82) is 0 Å². The second kappa shape index (κ2) is 6.78. The topological polar surface area (TPSA) is 58.6 Å². The van der Waals surface area contributed by atoms with Gasteiger partial charge in [-0.05, 0) is 44.5 Å². The Kier molecular flexibility index (Phi) is 5.63. The summed E-state index contributed by atoms with van der Waals surface area (Å²) in [6, 6.07) is 5.51. The lowest BCUT2D eigenvalue weighted by molar-refractivity contribution is -0.147. The number of carbonyl (C=O) groups is 1. The Hall–Kier alpha value is -1.26. The third-order valence-corrected chi connectivity index (χ3v) is 3.43. The van der Waals surface area contributed by atoms with Crippen molar-refractivity contribution >= 4 is 17.6 Å². The number of halogens is 1. The molecule has 0 aromatic heterocycles. The van der Waals surface area contributed by atoms with E-state index in [1.165, 1.54) is 0 Å². The maximum Gasteiger partial charge on any atom is 0.309 e. The molecule has 0 heterocycles. The Morgan fingerprint density at radius 1 is 1.47 bits per heavy atom. The Bertz CT molecular complexity index is 446. The van der Waals surface area contributed by atoms with Gasteiger partial charge in [-0.25, -0.2) is 0 Å². The van der Waals surface area contributed by atoms with Gasteiger partial charge < -0.3 is 15.2 Å². The van der Waals surface area contributed by atoms with Crippen LogP contribution >= 0.6 is 11.6 Å². The summed E-state index contributed by atoms with van der Waals surface area (Å²) in [5.41, 5.74) is 0.257. The number of methoxy groups -OCH3 is 1. The monoisotopic (exact) mass is 285 g/mol. The van der Waals surface area contributed by atoms with Crippen molar-refractivity contribution in [3.8, 4) is 5.75 Å². The van der Waals surface area contributed by atoms with E-state index in [9.17, 15) is 4.79 Å². The number of hydrogen-bond donors (Lipinski definition) is 2. The van der Waals surface area contributed by atoms with Gasteiger partial charge in [-0.15, -0.1) is 0 Å². The summed E-state index contributed by atoms with van der Waals surface area (Å²) < 4.78 is 5.08. The normalized spacial score (nSPS) is 11.4. The second-order valence-electron chi connectivity index (χ2n) is 5.07. The van der Waals surface area contributed by atoms with Gasteiger partial charge in [0.1, 0.15) is 5.75 Å². The van der Waals surface area contributed by atoms with Crippen molar-refractivity contribution in [3.05, 3.63) is 28.8 Å². The van der Waals surface area contributed by atoms with E-state index in [1.807, 2.05) is 12.1 Å². The van der Waals surface area contributed by atoms with E-state index in [2.05, 4.69) is 5.32 Å². The van der Waals surface area contributed by atoms with E-state index >= 15 is 0 Å². The molecule has 0 saturated carbocycles. The van der Waals surface area contributed by atoms with E-state index in [-0.39, 0.29) is 0 Å². The van der Waals surface area contributed by atoms with Gasteiger partial charge in [0.25, 0.3) is 0 Å². The third kappa shape index (κ3) is 4.73. The first kappa shape index (κ1) is 15.8. The molecule has 1 rings (SSSR count). The van der Waals surface area contributed by atoms with Crippen LogP contribution in [-0.2, 0) is 11.3 Å². The van der Waals surface area contributed by atoms with Crippen molar-refractivity contribution in [3.63, 3.8) is 0 Å². The molecular formula is C14H20ClNO3. The molecule has 0 radical (unpaired) electrons. The number of carboxylic acid groups (broad SMARTS) is 1. The molecule has 0 spiro atoms. The summed E-state index contributed by atoms with van der Waals surface area (Å²) in [5.74, 6) is -0.0578. The van der Waals surface area contributed by atoms with Crippen LogP contribution in [0.15, 0.2) is 18.2 Å². The largest absolute Gasteiger partial charge is 0.497 e. The Labute approximate surface area is 118 Å². The number of carboxylic acids is 1. The number of benzene rings is 1. The quantitative estimate of drug-likeness (QED) is 0.756. The zero-order chi connectivity index (χ0) is 14.5. The SMILES string of the molecule is COc1ccc(CNCCC(C)(C)C(=O)O)c(Cl)c1. The molecule has 1 aromatic carbocycles. The lowest BCUT2D eigenvalue weighted by Crippen LogP contribution is -2.28. The Balaban J connectivity index is 2.44. The molecule has 0 fully saturated rings. The maximum atomic E-state index is 10.9. The van der Waals surface area contributed by atoms with Crippen LogP contribution in [0, 0.1) is 5.41 Å². The van der Waals surface area contributed by atoms with Crippen LogP contribution in [0.2, 0.25) is 5.02 Å². The predicted molar refractivity (Wildman–Crippen MR) is 75.7 cm³/mol. The zero-order valence-electron chi connectivity index (χ0n) is 11.5. The lowest BCUT2D eigenvalue weighted by Gasteiger charge is -2.19. The lowest BCUT2D eigenvalue weighted by atomic mass is 9.90. The van der Waals surface area contributed by atoms with Crippen LogP contribution in [-0.4, -0.2) is 24.7 Å². The number of nitrogens with one attached hydrogen (secondary N) is 1. The highest BCUT2D eigenvalue weighted by Gasteiger charge is 2.26. The van der Waals surface area contributed by atoms with E-state index in [1.54, 1.807) is 27.0 Å². The molecule has 0 aliphatic carbocycles. The van der Waals surface area contributed by atoms with Crippen molar-refractivity contribution in [2.24, 2.45) is 5.41 Å². The summed E-state index contributed by atoms with van der Waals surface area (Å²) in [4.78, 5) is 10.9. The third-order valence-electron chi connectivity index (χ3n) is 3.08. The van der Waals surface area contributed by atoms with Gasteiger partial charge >= 0.3 is 5.97 Å². The van der Waals surface area contributed by atoms with Gasteiger partial charge in [-0.3, -0.25) is 4.79 Å². The van der Waals surface area contributed by atoms with Crippen LogP contribution < -0.4 is 10.1 Å². The second-order valence-corrected chi connectivity index (χ2v) is 5.48. The fourth-order valence-electron chi connectivity index (χ4n) is 1.53. The van der Waals surface area contributed by atoms with E-state index in [4.69, 9.17) is 21.4 Å². The van der Waals surface area contributed by atoms with Crippen molar-refractivity contribution in [2.75, 3.05) is 13.7 Å². The summed E-state index contributed by atoms with van der Waals surface area (Å²) in [5, 5.41) is 12.8. The smallest absolute Gasteiger partial charge is 0.309 e. The van der Waals surface area contributed by atoms with Gasteiger partial charge in [0.15, 0.2) is 0 Å². The average molecular weight is 286 g/mol. The number of rotatable bonds is 7. The summed E-state index contributed by atoms with van der Waals surface area (Å²) >= 11 is 6.11. The molecule has 19 heavy (non-hydrogen) atoms. The van der Waals surface area contributed by atoms with E-state index < -0.39 is 11.4 Å². The van der Waals surface area contributed by atoms with Crippen LogP contribution in [0.3, 0.4) is 0 Å². The molecule has 0 atom stereocenters. The molecule has 0 bridgehead atoms. The first-order chi connectivity index (χ1) is 8.86. The highest BCUT2D eigenvalue weighted by Crippen LogP contribution is 2.23. The molecule has 4 nitrogen and oxygen atoms in total. The first-order valence-electron chi connectivity index (χ1n) is 6.13. The first-order valence-corrected chi connectivity index (χ1v) is 6.51. The van der Waals surface area contributed by atoms with Gasteiger partial charge in [-0.2, -0.15) is 0 Å². The minimum Gasteiger partial charge on any atom is -0.497 e. The average Bonchev–Trinajstić information content (AvgIpc) is 2.35. The summed E-state index contributed by atoms with van der Waals surface area (Å²) in [6.07, 6.45) is 0.566. The fourth-order valence-corrected chi connectivity index (χ4v) is 1.77. The predicted octanol–water partition coefficient (Wildman–Crippen LogP) is 2.94. The summed E-state index contributed by atoms with van der Waals surface area (Å²) in [6.45, 7) is 4.68. The standard InChI is InChI=1S/C14H20ClNO3/c1-14(2,13(17)18)6-7-16-9-10-4-5-11(19-3)8-12(10)15/h4-5,8,16H,6-7,9H2,1-3H3,(H,17,18). The molecule has 0 unspecified atom stereocenters. The molecule has 0 saturated heterocycles. The van der Waals surface area contributed by atoms with Crippen molar-refractivity contribution in [1.82, 2.24) is 5.32 Å². The molecule has 0 amide bonds. The van der Waals surface area contributed by atoms with Crippen LogP contribution in [0.5, 0.6) is 5.75 Å². The molecule has 106 valence electrons. The number of ether oxygens (including phenoxy) is 1. The highest BCUT2D eigenvalue weighted by molar-refractivity contribution is 6.31. The van der Waals surface area contributed by atoms with E-state index in [0.717, 1.165) is 11.3 Å². The van der Waals surface area contributed by atoms with Gasteiger partial charge in [0.05, 0.1) is 12.5 Å². The van der Waals surface area contributed by atoms with Crippen LogP contribution in [0.4, 0.5) is 0 Å². The van der Waals surface area contributed by atoms with Crippen LogP contribution in [0.1, 0.15) is 25.8 Å². The van der Waals surface area contributed by atoms with Gasteiger partial charge in [-0.1, -0.05) is 17.7 Å². The minimum absolute atomic E-state index is 0.566. The number of aliphatic carboxylic acids is 1. The molecular weight excluding hydrogens is 266 g/mol.